The minimum absolute atomic E-state index is 0.158. The van der Waals surface area contributed by atoms with Crippen molar-refractivity contribution in [2.45, 2.75) is 39.3 Å². The molecule has 1 saturated heterocycles. The molecule has 2 atom stereocenters. The molecule has 1 aromatic heterocycles. The van der Waals surface area contributed by atoms with Gasteiger partial charge in [-0.2, -0.15) is 5.10 Å². The van der Waals surface area contributed by atoms with Gasteiger partial charge in [-0.1, -0.05) is 19.9 Å². The summed E-state index contributed by atoms with van der Waals surface area (Å²) in [5.41, 5.74) is 3.94. The van der Waals surface area contributed by atoms with Crippen molar-refractivity contribution in [2.24, 2.45) is 5.92 Å². The van der Waals surface area contributed by atoms with Gasteiger partial charge in [0.25, 0.3) is 0 Å². The van der Waals surface area contributed by atoms with Crippen molar-refractivity contribution in [2.75, 3.05) is 18.0 Å². The van der Waals surface area contributed by atoms with Crippen LogP contribution in [-0.2, 0) is 11.2 Å². The maximum Gasteiger partial charge on any atom is 0.157 e. The molecule has 5 nitrogen and oxygen atoms in total. The molecule has 2 aliphatic rings. The van der Waals surface area contributed by atoms with E-state index in [1.165, 1.54) is 12.0 Å². The van der Waals surface area contributed by atoms with Crippen LogP contribution in [0, 0.1) is 5.92 Å². The second kappa shape index (κ2) is 7.02. The summed E-state index contributed by atoms with van der Waals surface area (Å²) in [5, 5.41) is 8.40. The molecule has 0 bridgehead atoms. The lowest BCUT2D eigenvalue weighted by Crippen LogP contribution is -2.48. The van der Waals surface area contributed by atoms with Crippen LogP contribution in [0.5, 0.6) is 0 Å². The zero-order valence-corrected chi connectivity index (χ0v) is 15.4. The maximum absolute atomic E-state index is 12.0. The van der Waals surface area contributed by atoms with Crippen LogP contribution in [-0.4, -0.2) is 40.3 Å². The standard InChI is InChI=1S/C21H24N4O/c1-3-16-8-9-19-17(12-16)18(14-26)21(24-11-5-6-15(2)13-24)25(19)20-7-4-10-22-23-20/h4,7-10,12,15,21H,3,5-6,11,13H2,1-2H3/t15-,21+/m0/s1. The Kier molecular flexibility index (Phi) is 4.58. The summed E-state index contributed by atoms with van der Waals surface area (Å²) < 4.78 is 0. The Labute approximate surface area is 154 Å². The quantitative estimate of drug-likeness (QED) is 0.795. The van der Waals surface area contributed by atoms with Crippen LogP contribution in [0.2, 0.25) is 0 Å². The van der Waals surface area contributed by atoms with Crippen molar-refractivity contribution >= 4 is 23.0 Å². The summed E-state index contributed by atoms with van der Waals surface area (Å²) in [6.07, 6.45) is 4.84. The fourth-order valence-corrected chi connectivity index (χ4v) is 4.20. The lowest BCUT2D eigenvalue weighted by Gasteiger charge is -2.39. The van der Waals surface area contributed by atoms with Gasteiger partial charge in [-0.05, 0) is 55.0 Å². The third kappa shape index (κ3) is 2.83. The molecule has 3 heterocycles. The number of anilines is 2. The van der Waals surface area contributed by atoms with E-state index in [4.69, 9.17) is 0 Å². The van der Waals surface area contributed by atoms with Crippen molar-refractivity contribution < 1.29 is 4.79 Å². The van der Waals surface area contributed by atoms with Crippen molar-refractivity contribution in [3.8, 4) is 0 Å². The summed E-state index contributed by atoms with van der Waals surface area (Å²) in [6, 6.07) is 10.2. The van der Waals surface area contributed by atoms with Crippen LogP contribution < -0.4 is 4.90 Å². The smallest absolute Gasteiger partial charge is 0.157 e. The zero-order valence-electron chi connectivity index (χ0n) is 15.4. The van der Waals surface area contributed by atoms with Gasteiger partial charge in [-0.15, -0.1) is 5.10 Å². The maximum atomic E-state index is 12.0. The molecule has 0 spiro atoms. The van der Waals surface area contributed by atoms with Gasteiger partial charge in [0.2, 0.25) is 0 Å². The molecule has 4 rings (SSSR count). The number of carbonyl (C=O) groups excluding carboxylic acids is 1. The van der Waals surface area contributed by atoms with E-state index in [2.05, 4.69) is 58.0 Å². The highest BCUT2D eigenvalue weighted by Gasteiger charge is 2.41. The number of hydrogen-bond acceptors (Lipinski definition) is 5. The van der Waals surface area contributed by atoms with E-state index in [0.29, 0.717) is 5.92 Å². The molecule has 0 saturated carbocycles. The number of rotatable bonds is 3. The molecule has 0 amide bonds. The summed E-state index contributed by atoms with van der Waals surface area (Å²) in [5.74, 6) is 3.66. The van der Waals surface area contributed by atoms with E-state index in [1.807, 2.05) is 12.1 Å². The molecule has 1 aromatic carbocycles. The Balaban J connectivity index is 1.86. The van der Waals surface area contributed by atoms with Crippen LogP contribution in [0.15, 0.2) is 36.5 Å². The van der Waals surface area contributed by atoms with Gasteiger partial charge in [-0.3, -0.25) is 4.90 Å². The molecule has 134 valence electrons. The van der Waals surface area contributed by atoms with Crippen molar-refractivity contribution in [1.29, 1.82) is 0 Å². The SMILES string of the molecule is CCc1ccc2c(c1)C(=C=O)[C@H](N1CCC[C@H](C)C1)N2c1cccnn1. The first-order chi connectivity index (χ1) is 12.7. The summed E-state index contributed by atoms with van der Waals surface area (Å²) >= 11 is 0. The average Bonchev–Trinajstić information content (AvgIpc) is 3.02. The fourth-order valence-electron chi connectivity index (χ4n) is 4.20. The number of aromatic nitrogens is 2. The first-order valence-corrected chi connectivity index (χ1v) is 9.42. The number of aryl methyl sites for hydroxylation is 1. The molecular weight excluding hydrogens is 324 g/mol. The van der Waals surface area contributed by atoms with Crippen molar-refractivity contribution in [3.63, 3.8) is 0 Å². The predicted octanol–water partition coefficient (Wildman–Crippen LogP) is 3.46. The molecule has 0 N–H and O–H groups in total. The van der Waals surface area contributed by atoms with Crippen LogP contribution in [0.1, 0.15) is 37.8 Å². The molecule has 1 fully saturated rings. The van der Waals surface area contributed by atoms with E-state index in [9.17, 15) is 4.79 Å². The summed E-state index contributed by atoms with van der Waals surface area (Å²) in [4.78, 5) is 16.6. The highest BCUT2D eigenvalue weighted by molar-refractivity contribution is 6.02. The second-order valence-corrected chi connectivity index (χ2v) is 7.29. The number of fused-ring (bicyclic) bond motifs is 1. The monoisotopic (exact) mass is 348 g/mol. The molecule has 0 unspecified atom stereocenters. The molecule has 26 heavy (non-hydrogen) atoms. The molecule has 5 heteroatoms. The summed E-state index contributed by atoms with van der Waals surface area (Å²) in [7, 11) is 0. The van der Waals surface area contributed by atoms with E-state index in [0.717, 1.165) is 48.6 Å². The third-order valence-corrected chi connectivity index (χ3v) is 5.47. The van der Waals surface area contributed by atoms with Gasteiger partial charge in [0.05, 0.1) is 11.3 Å². The number of hydrogen-bond donors (Lipinski definition) is 0. The largest absolute Gasteiger partial charge is 0.303 e. The average molecular weight is 348 g/mol. The van der Waals surface area contributed by atoms with Crippen molar-refractivity contribution in [3.05, 3.63) is 47.7 Å². The molecular formula is C21H24N4O. The number of nitrogens with zero attached hydrogens (tertiary/aromatic N) is 4. The van der Waals surface area contributed by atoms with E-state index in [-0.39, 0.29) is 6.17 Å². The molecule has 2 aromatic rings. The Morgan fingerprint density at radius 1 is 1.31 bits per heavy atom. The second-order valence-electron chi connectivity index (χ2n) is 7.29. The third-order valence-electron chi connectivity index (χ3n) is 5.47. The highest BCUT2D eigenvalue weighted by Crippen LogP contribution is 2.45. The van der Waals surface area contributed by atoms with E-state index >= 15 is 0 Å². The van der Waals surface area contributed by atoms with Gasteiger partial charge >= 0.3 is 0 Å². The first kappa shape index (κ1) is 17.0. The predicted molar refractivity (Wildman–Crippen MR) is 103 cm³/mol. The number of piperidine rings is 1. The highest BCUT2D eigenvalue weighted by atomic mass is 16.1. The Morgan fingerprint density at radius 2 is 2.19 bits per heavy atom. The molecule has 2 aliphatic heterocycles. The summed E-state index contributed by atoms with van der Waals surface area (Å²) in [6.45, 7) is 6.36. The van der Waals surface area contributed by atoms with Crippen LogP contribution in [0.3, 0.4) is 0 Å². The normalized spacial score (nSPS) is 23.0. The fraction of sp³-hybridized carbons (Fsp3) is 0.429. The van der Waals surface area contributed by atoms with Gasteiger partial charge in [0.15, 0.2) is 5.82 Å². The van der Waals surface area contributed by atoms with Gasteiger partial charge in [-0.25, -0.2) is 4.79 Å². The van der Waals surface area contributed by atoms with E-state index < -0.39 is 0 Å². The van der Waals surface area contributed by atoms with Gasteiger partial charge < -0.3 is 4.90 Å². The number of benzene rings is 1. The van der Waals surface area contributed by atoms with Crippen LogP contribution >= 0.6 is 0 Å². The van der Waals surface area contributed by atoms with Crippen LogP contribution in [0.25, 0.3) is 5.57 Å². The number of likely N-dealkylation sites (tertiary alicyclic amines) is 1. The van der Waals surface area contributed by atoms with Gasteiger partial charge in [0.1, 0.15) is 12.1 Å². The van der Waals surface area contributed by atoms with Crippen molar-refractivity contribution in [1.82, 2.24) is 15.1 Å². The Bertz CT molecular complexity index is 844. The lowest BCUT2D eigenvalue weighted by atomic mass is 9.97. The van der Waals surface area contributed by atoms with E-state index in [1.54, 1.807) is 6.20 Å². The minimum Gasteiger partial charge on any atom is -0.303 e. The topological polar surface area (TPSA) is 49.3 Å². The Hall–Kier alpha value is -2.49. The molecule has 0 radical (unpaired) electrons. The minimum atomic E-state index is -0.158. The molecule has 0 aliphatic carbocycles. The zero-order chi connectivity index (χ0) is 18.1. The van der Waals surface area contributed by atoms with Crippen LogP contribution in [0.4, 0.5) is 11.5 Å². The lowest BCUT2D eigenvalue weighted by molar-refractivity contribution is 0.161. The van der Waals surface area contributed by atoms with Gasteiger partial charge in [0, 0.05) is 24.8 Å². The Morgan fingerprint density at radius 3 is 2.88 bits per heavy atom. The first-order valence-electron chi connectivity index (χ1n) is 9.42.